The average molecular weight is 451 g/mol. The summed E-state index contributed by atoms with van der Waals surface area (Å²) in [5.41, 5.74) is 5.37. The van der Waals surface area contributed by atoms with Crippen molar-refractivity contribution in [2.24, 2.45) is 5.73 Å². The number of allylic oxidation sites excluding steroid dienone is 1. The lowest BCUT2D eigenvalue weighted by Gasteiger charge is -2.26. The van der Waals surface area contributed by atoms with Crippen molar-refractivity contribution in [2.75, 3.05) is 13.6 Å². The van der Waals surface area contributed by atoms with Gasteiger partial charge in [-0.05, 0) is 31.5 Å². The Morgan fingerprint density at radius 1 is 1.09 bits per heavy atom. The lowest BCUT2D eigenvalue weighted by atomic mass is 10.0. The average Bonchev–Trinajstić information content (AvgIpc) is 2.76. The fourth-order valence-corrected chi connectivity index (χ4v) is 3.23. The van der Waals surface area contributed by atoms with Gasteiger partial charge in [-0.25, -0.2) is 4.39 Å². The number of carbonyl (C=O) groups excluding carboxylic acids is 2. The van der Waals surface area contributed by atoms with E-state index in [0.29, 0.717) is 0 Å². The molecule has 2 N–H and O–H groups in total. The molecule has 5 nitrogen and oxygen atoms in total. The molecule has 0 aliphatic heterocycles. The molecule has 2 aromatic carbocycles. The summed E-state index contributed by atoms with van der Waals surface area (Å²) in [4.78, 5) is 26.7. The molecule has 0 spiro atoms. The smallest absolute Gasteiger partial charge is 0.340 e. The highest BCUT2D eigenvalue weighted by Gasteiger charge is 2.35. The van der Waals surface area contributed by atoms with Crippen molar-refractivity contribution in [1.82, 2.24) is 9.80 Å². The number of nitrogens with two attached hydrogens (primary N) is 1. The van der Waals surface area contributed by atoms with Crippen LogP contribution in [0.5, 0.6) is 0 Å². The first-order valence-corrected chi connectivity index (χ1v) is 9.77. The zero-order valence-corrected chi connectivity index (χ0v) is 18.0. The van der Waals surface area contributed by atoms with Crippen molar-refractivity contribution in [3.05, 3.63) is 82.3 Å². The van der Waals surface area contributed by atoms with Gasteiger partial charge in [0.2, 0.25) is 6.41 Å². The van der Waals surface area contributed by atoms with E-state index in [9.17, 15) is 27.2 Å². The quantitative estimate of drug-likeness (QED) is 0.371. The van der Waals surface area contributed by atoms with Gasteiger partial charge >= 0.3 is 6.18 Å². The minimum atomic E-state index is -4.79. The summed E-state index contributed by atoms with van der Waals surface area (Å²) < 4.78 is 54.0. The molecule has 2 aromatic rings. The summed E-state index contributed by atoms with van der Waals surface area (Å²) in [5, 5.41) is 0. The predicted octanol–water partition coefficient (Wildman–Crippen LogP) is 4.26. The number of hydrogen-bond acceptors (Lipinski definition) is 3. The Bertz CT molecular complexity index is 990. The molecule has 1 atom stereocenters. The number of alkyl halides is 3. The molecular formula is C23H25F4N3O2. The Balaban J connectivity index is 2.25. The highest BCUT2D eigenvalue weighted by Crippen LogP contribution is 2.34. The van der Waals surface area contributed by atoms with E-state index in [4.69, 9.17) is 5.73 Å². The number of hydrogen-bond donors (Lipinski definition) is 1. The minimum absolute atomic E-state index is 0.113. The molecule has 172 valence electrons. The van der Waals surface area contributed by atoms with E-state index in [0.717, 1.165) is 28.7 Å². The van der Waals surface area contributed by atoms with Gasteiger partial charge in [-0.15, -0.1) is 0 Å². The Labute approximate surface area is 184 Å². The van der Waals surface area contributed by atoms with Crippen molar-refractivity contribution < 1.29 is 27.2 Å². The van der Waals surface area contributed by atoms with Crippen LogP contribution in [-0.4, -0.2) is 35.7 Å². The van der Waals surface area contributed by atoms with Gasteiger partial charge in [-0.3, -0.25) is 9.59 Å². The molecule has 2 amide bonds. The van der Waals surface area contributed by atoms with E-state index in [2.05, 4.69) is 0 Å². The van der Waals surface area contributed by atoms with E-state index in [1.165, 1.54) is 25.8 Å². The summed E-state index contributed by atoms with van der Waals surface area (Å²) in [6.45, 7) is 2.38. The fourth-order valence-electron chi connectivity index (χ4n) is 3.23. The number of likely N-dealkylation sites (N-methyl/N-ethyl adjacent to an activating group) is 1. The van der Waals surface area contributed by atoms with Crippen molar-refractivity contribution in [3.63, 3.8) is 0 Å². The topological polar surface area (TPSA) is 66.6 Å². The van der Waals surface area contributed by atoms with Crippen LogP contribution < -0.4 is 5.73 Å². The maximum absolute atomic E-state index is 14.2. The molecule has 0 aromatic heterocycles. The molecule has 2 rings (SSSR count). The third-order valence-electron chi connectivity index (χ3n) is 5.22. The zero-order chi connectivity index (χ0) is 24.1. The number of benzene rings is 2. The van der Waals surface area contributed by atoms with Crippen LogP contribution in [-0.2, 0) is 22.3 Å². The molecule has 32 heavy (non-hydrogen) atoms. The molecule has 0 saturated heterocycles. The summed E-state index contributed by atoms with van der Waals surface area (Å²) in [6, 6.07) is 11.3. The van der Waals surface area contributed by atoms with E-state index in [-0.39, 0.29) is 24.2 Å². The molecular weight excluding hydrogens is 426 g/mol. The van der Waals surface area contributed by atoms with Gasteiger partial charge in [0.15, 0.2) is 0 Å². The van der Waals surface area contributed by atoms with E-state index >= 15 is 0 Å². The van der Waals surface area contributed by atoms with Crippen molar-refractivity contribution in [1.29, 1.82) is 0 Å². The first-order chi connectivity index (χ1) is 15.0. The largest absolute Gasteiger partial charge is 0.416 e. The molecule has 0 aliphatic carbocycles. The number of halogens is 4. The molecule has 0 fully saturated rings. The Hall–Kier alpha value is -3.20. The molecule has 0 saturated carbocycles. The van der Waals surface area contributed by atoms with Crippen molar-refractivity contribution >= 4 is 12.3 Å². The normalized spacial score (nSPS) is 13.2. The molecule has 0 heterocycles. The summed E-state index contributed by atoms with van der Waals surface area (Å²) in [7, 11) is 1.53. The van der Waals surface area contributed by atoms with Gasteiger partial charge in [0.25, 0.3) is 5.91 Å². The van der Waals surface area contributed by atoms with Crippen molar-refractivity contribution in [2.45, 2.75) is 32.6 Å². The second-order valence-electron chi connectivity index (χ2n) is 7.41. The molecule has 0 radical (unpaired) electrons. The van der Waals surface area contributed by atoms with Gasteiger partial charge in [-0.2, -0.15) is 13.2 Å². The van der Waals surface area contributed by atoms with Gasteiger partial charge in [0, 0.05) is 36.5 Å². The second kappa shape index (κ2) is 10.4. The SMILES string of the molecule is C/C(C(=O)N(C)C[C@H](N)c1ccccc1)=C(\C)N(C=O)Cc1c(F)cccc1C(F)(F)F. The number of nitrogens with zero attached hydrogens (tertiary/aromatic N) is 2. The standard InChI is InChI=1S/C23H25F4N3O2/c1-15(22(32)29(3)13-21(28)17-8-5-4-6-9-17)16(2)30(14-31)12-18-19(23(25,26)27)10-7-11-20(18)24/h4-11,14,21H,12-13,28H2,1-3H3/b16-15-/t21-/m0/s1. The highest BCUT2D eigenvalue weighted by molar-refractivity contribution is 5.93. The van der Waals surface area contributed by atoms with Crippen molar-refractivity contribution in [3.8, 4) is 0 Å². The van der Waals surface area contributed by atoms with Crippen LogP contribution in [0.4, 0.5) is 17.6 Å². The van der Waals surface area contributed by atoms with E-state index in [1.807, 2.05) is 30.3 Å². The first-order valence-electron chi connectivity index (χ1n) is 9.77. The maximum atomic E-state index is 14.2. The Morgan fingerprint density at radius 2 is 1.72 bits per heavy atom. The van der Waals surface area contributed by atoms with Gasteiger partial charge in [0.05, 0.1) is 12.1 Å². The van der Waals surface area contributed by atoms with E-state index in [1.54, 1.807) is 0 Å². The van der Waals surface area contributed by atoms with Gasteiger partial charge in [-0.1, -0.05) is 36.4 Å². The van der Waals surface area contributed by atoms with Crippen LogP contribution in [0.2, 0.25) is 0 Å². The molecule has 9 heteroatoms. The minimum Gasteiger partial charge on any atom is -0.340 e. The summed E-state index contributed by atoms with van der Waals surface area (Å²) >= 11 is 0. The lowest BCUT2D eigenvalue weighted by molar-refractivity contribution is -0.139. The monoisotopic (exact) mass is 451 g/mol. The van der Waals surface area contributed by atoms with Gasteiger partial charge in [0.1, 0.15) is 5.82 Å². The fraction of sp³-hybridized carbons (Fsp3) is 0.304. The van der Waals surface area contributed by atoms with Crippen LogP contribution in [0.25, 0.3) is 0 Å². The predicted molar refractivity (Wildman–Crippen MR) is 112 cm³/mol. The summed E-state index contributed by atoms with van der Waals surface area (Å²) in [6.07, 6.45) is -4.52. The summed E-state index contributed by atoms with van der Waals surface area (Å²) in [5.74, 6) is -1.54. The maximum Gasteiger partial charge on any atom is 0.416 e. The van der Waals surface area contributed by atoms with Crippen LogP contribution in [0.3, 0.4) is 0 Å². The number of rotatable bonds is 8. The third kappa shape index (κ3) is 5.94. The zero-order valence-electron chi connectivity index (χ0n) is 18.0. The van der Waals surface area contributed by atoms with Crippen LogP contribution in [0.15, 0.2) is 59.8 Å². The highest BCUT2D eigenvalue weighted by atomic mass is 19.4. The lowest BCUT2D eigenvalue weighted by Crippen LogP contribution is -2.35. The number of carbonyl (C=O) groups is 2. The Morgan fingerprint density at radius 3 is 2.28 bits per heavy atom. The van der Waals surface area contributed by atoms with Crippen LogP contribution in [0, 0.1) is 5.82 Å². The van der Waals surface area contributed by atoms with E-state index < -0.39 is 41.6 Å². The second-order valence-corrected chi connectivity index (χ2v) is 7.41. The molecule has 0 aliphatic rings. The Kier molecular flexibility index (Phi) is 8.15. The van der Waals surface area contributed by atoms with Gasteiger partial charge < -0.3 is 15.5 Å². The third-order valence-corrected chi connectivity index (χ3v) is 5.22. The molecule has 0 bridgehead atoms. The molecule has 0 unspecified atom stereocenters. The van der Waals surface area contributed by atoms with Crippen LogP contribution >= 0.6 is 0 Å². The van der Waals surface area contributed by atoms with Crippen LogP contribution in [0.1, 0.15) is 36.6 Å². The first kappa shape index (κ1) is 25.1. The number of amides is 2.